The van der Waals surface area contributed by atoms with E-state index >= 15 is 0 Å². The first-order chi connectivity index (χ1) is 8.98. The van der Waals surface area contributed by atoms with E-state index < -0.39 is 0 Å². The molecule has 1 aliphatic rings. The Hall–Kier alpha value is -1.42. The van der Waals surface area contributed by atoms with Crippen LogP contribution in [0.15, 0.2) is 18.2 Å². The third kappa shape index (κ3) is 3.77. The van der Waals surface area contributed by atoms with E-state index in [-0.39, 0.29) is 11.4 Å². The number of aryl methyl sites for hydroxylation is 1. The maximum absolute atomic E-state index is 12.2. The highest BCUT2D eigenvalue weighted by Crippen LogP contribution is 2.30. The van der Waals surface area contributed by atoms with Gasteiger partial charge in [0, 0.05) is 24.7 Å². The van der Waals surface area contributed by atoms with E-state index in [0.29, 0.717) is 13.0 Å². The zero-order chi connectivity index (χ0) is 13.9. The normalized spacial score (nSPS) is 17.4. The first-order valence-electron chi connectivity index (χ1n) is 6.94. The zero-order valence-corrected chi connectivity index (χ0v) is 11.9. The van der Waals surface area contributed by atoms with Gasteiger partial charge in [0.1, 0.15) is 0 Å². The maximum Gasteiger partial charge on any atom is 0.224 e. The summed E-state index contributed by atoms with van der Waals surface area (Å²) in [5.41, 5.74) is 7.88. The molecule has 0 aliphatic heterocycles. The largest absolute Gasteiger partial charge is 0.340 e. The molecule has 0 saturated heterocycles. The number of carbonyl (C=O) groups is 1. The molecule has 2 N–H and O–H groups in total. The topological polar surface area (TPSA) is 59.2 Å². The predicted molar refractivity (Wildman–Crippen MR) is 75.5 cm³/mol. The molecule has 19 heavy (non-hydrogen) atoms. The zero-order valence-electron chi connectivity index (χ0n) is 11.9. The number of hydrogen-bond donors (Lipinski definition) is 1. The molecule has 1 aromatic heterocycles. The van der Waals surface area contributed by atoms with E-state index in [1.165, 1.54) is 0 Å². The fraction of sp³-hybridized carbons (Fsp3) is 0.600. The highest BCUT2D eigenvalue weighted by Gasteiger charge is 2.32. The average Bonchev–Trinajstić information content (AvgIpc) is 2.75. The van der Waals surface area contributed by atoms with Crippen LogP contribution in [-0.4, -0.2) is 28.4 Å². The van der Waals surface area contributed by atoms with Crippen molar-refractivity contribution in [1.82, 2.24) is 9.88 Å². The second-order valence-corrected chi connectivity index (χ2v) is 5.77. The summed E-state index contributed by atoms with van der Waals surface area (Å²) in [5, 5.41) is 0. The van der Waals surface area contributed by atoms with Crippen molar-refractivity contribution in [2.45, 2.75) is 51.1 Å². The number of nitrogens with zero attached hydrogens (tertiary/aromatic N) is 2. The van der Waals surface area contributed by atoms with Crippen LogP contribution in [0.5, 0.6) is 0 Å². The Bertz CT molecular complexity index is 452. The summed E-state index contributed by atoms with van der Waals surface area (Å²) in [7, 11) is 1.82. The molecule has 1 aromatic rings. The number of pyridine rings is 1. The predicted octanol–water partition coefficient (Wildman–Crippen LogP) is 2.01. The minimum Gasteiger partial charge on any atom is -0.340 e. The van der Waals surface area contributed by atoms with Crippen molar-refractivity contribution in [1.29, 1.82) is 0 Å². The van der Waals surface area contributed by atoms with Crippen molar-refractivity contribution in [2.75, 3.05) is 7.05 Å². The number of nitrogens with two attached hydrogens (primary N) is 1. The molecule has 0 unspecified atom stereocenters. The fourth-order valence-electron chi connectivity index (χ4n) is 2.71. The summed E-state index contributed by atoms with van der Waals surface area (Å²) in [4.78, 5) is 18.4. The monoisotopic (exact) mass is 261 g/mol. The molecule has 1 aliphatic carbocycles. The van der Waals surface area contributed by atoms with Gasteiger partial charge in [0.05, 0.1) is 12.2 Å². The Labute approximate surface area is 115 Å². The summed E-state index contributed by atoms with van der Waals surface area (Å²) in [6.07, 6.45) is 4.68. The summed E-state index contributed by atoms with van der Waals surface area (Å²) < 4.78 is 0. The fourth-order valence-corrected chi connectivity index (χ4v) is 2.71. The summed E-state index contributed by atoms with van der Waals surface area (Å²) in [5.74, 6) is 0.118. The first kappa shape index (κ1) is 14.0. The van der Waals surface area contributed by atoms with E-state index in [1.807, 2.05) is 32.2 Å². The Kier molecular flexibility index (Phi) is 4.20. The van der Waals surface area contributed by atoms with E-state index in [1.54, 1.807) is 4.90 Å². The Morgan fingerprint density at radius 3 is 2.74 bits per heavy atom. The molecule has 0 atom stereocenters. The number of aromatic nitrogens is 1. The Morgan fingerprint density at radius 1 is 1.42 bits per heavy atom. The minimum atomic E-state index is -0.272. The molecule has 104 valence electrons. The molecule has 4 heteroatoms. The number of hydrogen-bond acceptors (Lipinski definition) is 3. The summed E-state index contributed by atoms with van der Waals surface area (Å²) in [6, 6.07) is 5.88. The van der Waals surface area contributed by atoms with Crippen LogP contribution in [0.4, 0.5) is 0 Å². The van der Waals surface area contributed by atoms with E-state index in [9.17, 15) is 4.79 Å². The van der Waals surface area contributed by atoms with Gasteiger partial charge in [0.15, 0.2) is 0 Å². The van der Waals surface area contributed by atoms with Crippen molar-refractivity contribution in [3.05, 3.63) is 29.6 Å². The second kappa shape index (κ2) is 5.70. The second-order valence-electron chi connectivity index (χ2n) is 5.77. The van der Waals surface area contributed by atoms with Crippen molar-refractivity contribution >= 4 is 5.91 Å². The van der Waals surface area contributed by atoms with Gasteiger partial charge in [-0.25, -0.2) is 0 Å². The molecule has 4 nitrogen and oxygen atoms in total. The lowest BCUT2D eigenvalue weighted by Gasteiger charge is -2.26. The van der Waals surface area contributed by atoms with Gasteiger partial charge in [-0.15, -0.1) is 0 Å². The van der Waals surface area contributed by atoms with Crippen LogP contribution in [0.3, 0.4) is 0 Å². The van der Waals surface area contributed by atoms with Gasteiger partial charge < -0.3 is 10.6 Å². The highest BCUT2D eigenvalue weighted by atomic mass is 16.2. The third-order valence-electron chi connectivity index (χ3n) is 3.87. The van der Waals surface area contributed by atoms with Gasteiger partial charge in [-0.2, -0.15) is 0 Å². The lowest BCUT2D eigenvalue weighted by Crippen LogP contribution is -2.42. The number of carbonyl (C=O) groups excluding carboxylic acids is 1. The molecule has 1 amide bonds. The quantitative estimate of drug-likeness (QED) is 0.902. The number of amides is 1. The molecule has 2 rings (SSSR count). The molecule has 0 spiro atoms. The maximum atomic E-state index is 12.2. The van der Waals surface area contributed by atoms with Gasteiger partial charge in [0.2, 0.25) is 5.91 Å². The van der Waals surface area contributed by atoms with E-state index in [4.69, 9.17) is 5.73 Å². The van der Waals surface area contributed by atoms with Crippen LogP contribution in [0.2, 0.25) is 0 Å². The van der Waals surface area contributed by atoms with Gasteiger partial charge in [-0.1, -0.05) is 18.9 Å². The van der Waals surface area contributed by atoms with Crippen LogP contribution in [0, 0.1) is 6.92 Å². The van der Waals surface area contributed by atoms with E-state index in [0.717, 1.165) is 37.1 Å². The number of rotatable bonds is 4. The third-order valence-corrected chi connectivity index (χ3v) is 3.87. The molecule has 1 heterocycles. The first-order valence-corrected chi connectivity index (χ1v) is 6.94. The summed E-state index contributed by atoms with van der Waals surface area (Å²) >= 11 is 0. The molecule has 0 radical (unpaired) electrons. The van der Waals surface area contributed by atoms with Crippen molar-refractivity contribution in [3.8, 4) is 0 Å². The van der Waals surface area contributed by atoms with Gasteiger partial charge >= 0.3 is 0 Å². The lowest BCUT2D eigenvalue weighted by atomic mass is 9.94. The van der Waals surface area contributed by atoms with Crippen LogP contribution >= 0.6 is 0 Å². The van der Waals surface area contributed by atoms with Gasteiger partial charge in [-0.3, -0.25) is 9.78 Å². The Morgan fingerprint density at radius 2 is 2.11 bits per heavy atom. The van der Waals surface area contributed by atoms with Gasteiger partial charge in [0.25, 0.3) is 0 Å². The minimum absolute atomic E-state index is 0.118. The van der Waals surface area contributed by atoms with Crippen molar-refractivity contribution < 1.29 is 4.79 Å². The molecule has 0 aromatic carbocycles. The molecule has 0 bridgehead atoms. The van der Waals surface area contributed by atoms with Crippen LogP contribution in [-0.2, 0) is 11.3 Å². The smallest absolute Gasteiger partial charge is 0.224 e. The van der Waals surface area contributed by atoms with Crippen LogP contribution in [0.1, 0.15) is 43.5 Å². The summed E-state index contributed by atoms with van der Waals surface area (Å²) in [6.45, 7) is 2.51. The van der Waals surface area contributed by atoms with Crippen molar-refractivity contribution in [2.24, 2.45) is 5.73 Å². The molecule has 1 saturated carbocycles. The highest BCUT2D eigenvalue weighted by molar-refractivity contribution is 5.77. The lowest BCUT2D eigenvalue weighted by molar-refractivity contribution is -0.131. The van der Waals surface area contributed by atoms with Gasteiger partial charge in [-0.05, 0) is 31.9 Å². The standard InChI is InChI=1S/C15H23N3O/c1-12-6-5-7-13(17-12)11-18(2)14(19)10-15(16)8-3-4-9-15/h5-7H,3-4,8-11,16H2,1-2H3. The molecule has 1 fully saturated rings. The molecular formula is C15H23N3O. The van der Waals surface area contributed by atoms with E-state index in [2.05, 4.69) is 4.98 Å². The van der Waals surface area contributed by atoms with Crippen molar-refractivity contribution in [3.63, 3.8) is 0 Å². The van der Waals surface area contributed by atoms with Crippen LogP contribution < -0.4 is 5.73 Å². The van der Waals surface area contributed by atoms with Crippen LogP contribution in [0.25, 0.3) is 0 Å². The SMILES string of the molecule is Cc1cccc(CN(C)C(=O)CC2(N)CCCC2)n1. The Balaban J connectivity index is 1.92. The average molecular weight is 261 g/mol. The molecular weight excluding hydrogens is 238 g/mol.